The Labute approximate surface area is 131 Å². The molecule has 0 radical (unpaired) electrons. The van der Waals surface area contributed by atoms with Crippen molar-refractivity contribution in [1.29, 1.82) is 0 Å². The molecule has 21 heavy (non-hydrogen) atoms. The number of thioether (sulfide) groups is 1. The first-order chi connectivity index (χ1) is 10.2. The zero-order valence-corrected chi connectivity index (χ0v) is 13.8. The number of aromatic nitrogens is 3. The van der Waals surface area contributed by atoms with Crippen LogP contribution in [0.3, 0.4) is 0 Å². The third-order valence-corrected chi connectivity index (χ3v) is 4.59. The highest BCUT2D eigenvalue weighted by molar-refractivity contribution is 7.99. The van der Waals surface area contributed by atoms with Gasteiger partial charge in [-0.2, -0.15) is 5.10 Å². The van der Waals surface area contributed by atoms with E-state index in [4.69, 9.17) is 0 Å². The van der Waals surface area contributed by atoms with Crippen molar-refractivity contribution in [1.82, 2.24) is 20.5 Å². The van der Waals surface area contributed by atoms with Crippen LogP contribution in [0, 0.1) is 0 Å². The molecular formula is C16H24N4S. The van der Waals surface area contributed by atoms with Crippen LogP contribution in [-0.2, 0) is 6.42 Å². The van der Waals surface area contributed by atoms with Crippen molar-refractivity contribution in [3.05, 3.63) is 41.7 Å². The molecule has 1 aromatic carbocycles. The van der Waals surface area contributed by atoms with Gasteiger partial charge in [-0.25, -0.2) is 4.98 Å². The molecule has 0 fully saturated rings. The van der Waals surface area contributed by atoms with E-state index in [1.807, 2.05) is 0 Å². The molecule has 1 heterocycles. The monoisotopic (exact) mass is 304 g/mol. The average Bonchev–Trinajstić information content (AvgIpc) is 3.01. The minimum Gasteiger partial charge on any atom is -0.309 e. The summed E-state index contributed by atoms with van der Waals surface area (Å²) in [4.78, 5) is 4.21. The Morgan fingerprint density at radius 2 is 2.00 bits per heavy atom. The molecule has 5 heteroatoms. The Kier molecular flexibility index (Phi) is 6.26. The number of nitrogens with zero attached hydrogens (tertiary/aromatic N) is 2. The Balaban J connectivity index is 2.11. The molecular weight excluding hydrogens is 280 g/mol. The molecule has 0 saturated heterocycles. The second-order valence-electron chi connectivity index (χ2n) is 5.14. The van der Waals surface area contributed by atoms with Crippen molar-refractivity contribution in [2.75, 3.05) is 6.54 Å². The minimum atomic E-state index is 0.311. The smallest absolute Gasteiger partial charge is 0.183 e. The van der Waals surface area contributed by atoms with Crippen molar-refractivity contribution in [2.45, 2.75) is 50.1 Å². The van der Waals surface area contributed by atoms with E-state index in [0.717, 1.165) is 24.5 Å². The van der Waals surface area contributed by atoms with Crippen LogP contribution in [0.5, 0.6) is 0 Å². The molecule has 0 aliphatic carbocycles. The van der Waals surface area contributed by atoms with Crippen molar-refractivity contribution in [3.63, 3.8) is 0 Å². The van der Waals surface area contributed by atoms with E-state index in [1.54, 1.807) is 18.1 Å². The van der Waals surface area contributed by atoms with Gasteiger partial charge in [-0.15, -0.1) is 0 Å². The zero-order valence-electron chi connectivity index (χ0n) is 13.0. The molecule has 114 valence electrons. The number of benzene rings is 1. The number of rotatable bonds is 8. The summed E-state index contributed by atoms with van der Waals surface area (Å²) in [6, 6.07) is 9.24. The van der Waals surface area contributed by atoms with E-state index < -0.39 is 0 Å². The predicted molar refractivity (Wildman–Crippen MR) is 88.6 cm³/mol. The maximum Gasteiger partial charge on any atom is 0.183 e. The second-order valence-corrected chi connectivity index (χ2v) is 6.51. The van der Waals surface area contributed by atoms with E-state index in [2.05, 4.69) is 65.5 Å². The SMILES string of the molecule is CCCNC(c1ccc(CC)cc1)C(C)Sc1ncn[nH]1. The summed E-state index contributed by atoms with van der Waals surface area (Å²) in [5, 5.41) is 11.7. The lowest BCUT2D eigenvalue weighted by atomic mass is 10.0. The highest BCUT2D eigenvalue weighted by Gasteiger charge is 2.20. The van der Waals surface area contributed by atoms with Gasteiger partial charge in [-0.05, 0) is 30.5 Å². The number of hydrogen-bond donors (Lipinski definition) is 2. The average molecular weight is 304 g/mol. The Morgan fingerprint density at radius 1 is 1.24 bits per heavy atom. The Hall–Kier alpha value is -1.33. The lowest BCUT2D eigenvalue weighted by Gasteiger charge is -2.24. The quantitative estimate of drug-likeness (QED) is 0.732. The maximum atomic E-state index is 4.21. The summed E-state index contributed by atoms with van der Waals surface area (Å²) in [5.41, 5.74) is 2.71. The van der Waals surface area contributed by atoms with Crippen LogP contribution in [0.2, 0.25) is 0 Å². The molecule has 0 saturated carbocycles. The van der Waals surface area contributed by atoms with Gasteiger partial charge in [0, 0.05) is 11.3 Å². The summed E-state index contributed by atoms with van der Waals surface area (Å²) >= 11 is 1.72. The lowest BCUT2D eigenvalue weighted by Crippen LogP contribution is -2.29. The van der Waals surface area contributed by atoms with Crippen LogP contribution in [0.1, 0.15) is 44.4 Å². The molecule has 2 N–H and O–H groups in total. The fourth-order valence-corrected chi connectivity index (χ4v) is 3.27. The Morgan fingerprint density at radius 3 is 2.57 bits per heavy atom. The van der Waals surface area contributed by atoms with Gasteiger partial charge < -0.3 is 5.32 Å². The highest BCUT2D eigenvalue weighted by Crippen LogP contribution is 2.30. The first-order valence-electron chi connectivity index (χ1n) is 7.58. The lowest BCUT2D eigenvalue weighted by molar-refractivity contribution is 0.527. The van der Waals surface area contributed by atoms with E-state index >= 15 is 0 Å². The normalized spacial score (nSPS) is 14.0. The van der Waals surface area contributed by atoms with Gasteiger partial charge in [0.05, 0.1) is 0 Å². The van der Waals surface area contributed by atoms with Gasteiger partial charge in [0.1, 0.15) is 6.33 Å². The molecule has 2 aromatic rings. The highest BCUT2D eigenvalue weighted by atomic mass is 32.2. The fourth-order valence-electron chi connectivity index (χ4n) is 2.31. The van der Waals surface area contributed by atoms with Crippen LogP contribution in [0.15, 0.2) is 35.7 Å². The standard InChI is InChI=1S/C16H24N4S/c1-4-10-17-15(12(3)21-16-18-11-19-20-16)14-8-6-13(5-2)7-9-14/h6-9,11-12,15,17H,4-5,10H2,1-3H3,(H,18,19,20). The molecule has 0 spiro atoms. The van der Waals surface area contributed by atoms with Gasteiger partial charge in [0.15, 0.2) is 5.16 Å². The molecule has 4 nitrogen and oxygen atoms in total. The summed E-state index contributed by atoms with van der Waals surface area (Å²) in [7, 11) is 0. The van der Waals surface area contributed by atoms with Crippen molar-refractivity contribution < 1.29 is 0 Å². The van der Waals surface area contributed by atoms with Crippen LogP contribution >= 0.6 is 11.8 Å². The minimum absolute atomic E-state index is 0.311. The summed E-state index contributed by atoms with van der Waals surface area (Å²) < 4.78 is 0. The van der Waals surface area contributed by atoms with E-state index in [1.165, 1.54) is 11.1 Å². The molecule has 1 aromatic heterocycles. The number of aromatic amines is 1. The molecule has 2 rings (SSSR count). The van der Waals surface area contributed by atoms with Crippen molar-refractivity contribution in [3.8, 4) is 0 Å². The van der Waals surface area contributed by atoms with Gasteiger partial charge in [-0.1, -0.05) is 56.8 Å². The number of aryl methyl sites for hydroxylation is 1. The second kappa shape index (κ2) is 8.20. The number of nitrogens with one attached hydrogen (secondary N) is 2. The third-order valence-electron chi connectivity index (χ3n) is 3.52. The summed E-state index contributed by atoms with van der Waals surface area (Å²) in [5.74, 6) is 0. The fraction of sp³-hybridized carbons (Fsp3) is 0.500. The molecule has 2 unspecified atom stereocenters. The van der Waals surface area contributed by atoms with Crippen LogP contribution < -0.4 is 5.32 Å². The number of H-pyrrole nitrogens is 1. The van der Waals surface area contributed by atoms with Crippen molar-refractivity contribution >= 4 is 11.8 Å². The zero-order chi connectivity index (χ0) is 15.1. The summed E-state index contributed by atoms with van der Waals surface area (Å²) in [6.45, 7) is 7.62. The van der Waals surface area contributed by atoms with Crippen LogP contribution in [0.25, 0.3) is 0 Å². The molecule has 0 aliphatic rings. The van der Waals surface area contributed by atoms with E-state index in [0.29, 0.717) is 11.3 Å². The van der Waals surface area contributed by atoms with E-state index in [9.17, 15) is 0 Å². The molecule has 0 aliphatic heterocycles. The molecule has 0 bridgehead atoms. The maximum absolute atomic E-state index is 4.21. The topological polar surface area (TPSA) is 53.6 Å². The molecule has 2 atom stereocenters. The summed E-state index contributed by atoms with van der Waals surface area (Å²) in [6.07, 6.45) is 3.76. The first kappa shape index (κ1) is 16.0. The van der Waals surface area contributed by atoms with Crippen molar-refractivity contribution in [2.24, 2.45) is 0 Å². The van der Waals surface area contributed by atoms with Gasteiger partial charge in [-0.3, -0.25) is 5.10 Å². The number of hydrogen-bond acceptors (Lipinski definition) is 4. The molecule has 0 amide bonds. The largest absolute Gasteiger partial charge is 0.309 e. The first-order valence-corrected chi connectivity index (χ1v) is 8.46. The van der Waals surface area contributed by atoms with Crippen LogP contribution in [0.4, 0.5) is 0 Å². The van der Waals surface area contributed by atoms with E-state index in [-0.39, 0.29) is 0 Å². The third kappa shape index (κ3) is 4.58. The van der Waals surface area contributed by atoms with Gasteiger partial charge >= 0.3 is 0 Å². The van der Waals surface area contributed by atoms with Crippen LogP contribution in [-0.4, -0.2) is 27.0 Å². The Bertz CT molecular complexity index is 510. The predicted octanol–water partition coefficient (Wildman–Crippen LogP) is 3.59. The van der Waals surface area contributed by atoms with Gasteiger partial charge in [0.25, 0.3) is 0 Å². The van der Waals surface area contributed by atoms with Gasteiger partial charge in [0.2, 0.25) is 0 Å².